The maximum atomic E-state index is 12.4. The second-order valence-corrected chi connectivity index (χ2v) is 4.97. The van der Waals surface area contributed by atoms with Gasteiger partial charge in [-0.25, -0.2) is 4.98 Å². The number of hydrogen-bond acceptors (Lipinski definition) is 4. The summed E-state index contributed by atoms with van der Waals surface area (Å²) in [4.78, 5) is 18.3. The van der Waals surface area contributed by atoms with E-state index in [1.54, 1.807) is 18.7 Å². The molecule has 5 nitrogen and oxygen atoms in total. The molecule has 0 saturated carbocycles. The number of ether oxygens (including phenoxy) is 1. The first-order chi connectivity index (χ1) is 7.92. The first kappa shape index (κ1) is 12.1. The van der Waals surface area contributed by atoms with Gasteiger partial charge in [-0.1, -0.05) is 0 Å². The number of carbonyl (C=O) groups is 1. The minimum absolute atomic E-state index is 0.101. The summed E-state index contributed by atoms with van der Waals surface area (Å²) in [5.74, 6) is 0.769. The quantitative estimate of drug-likeness (QED) is 0.744. The molecule has 5 heteroatoms. The molecule has 1 aliphatic heterocycles. The number of aromatic nitrogens is 1. The van der Waals surface area contributed by atoms with E-state index in [4.69, 9.17) is 9.15 Å². The summed E-state index contributed by atoms with van der Waals surface area (Å²) in [5.41, 5.74) is 0.345. The summed E-state index contributed by atoms with van der Waals surface area (Å²) in [6, 6.07) is 0. The van der Waals surface area contributed by atoms with Gasteiger partial charge in [-0.15, -0.1) is 0 Å². The molecule has 0 atom stereocenters. The van der Waals surface area contributed by atoms with Crippen LogP contribution < -0.4 is 0 Å². The summed E-state index contributed by atoms with van der Waals surface area (Å²) >= 11 is 0. The molecule has 1 aromatic rings. The van der Waals surface area contributed by atoms with Gasteiger partial charge in [0, 0.05) is 13.5 Å². The van der Waals surface area contributed by atoms with Crippen molar-refractivity contribution in [2.75, 3.05) is 19.8 Å². The summed E-state index contributed by atoms with van der Waals surface area (Å²) in [7, 11) is 0. The van der Waals surface area contributed by atoms with Gasteiger partial charge in [0.1, 0.15) is 0 Å². The van der Waals surface area contributed by atoms with Crippen molar-refractivity contribution in [2.45, 2.75) is 33.2 Å². The van der Waals surface area contributed by atoms with Gasteiger partial charge in [-0.3, -0.25) is 4.79 Å². The molecule has 0 spiro atoms. The normalized spacial score (nSPS) is 19.4. The van der Waals surface area contributed by atoms with Crippen molar-refractivity contribution in [3.63, 3.8) is 0 Å². The fourth-order valence-corrected chi connectivity index (χ4v) is 2.09. The Morgan fingerprint density at radius 2 is 2.12 bits per heavy atom. The third-order valence-corrected chi connectivity index (χ3v) is 2.99. The predicted molar refractivity (Wildman–Crippen MR) is 61.9 cm³/mol. The third kappa shape index (κ3) is 2.20. The molecule has 1 aromatic heterocycles. The third-order valence-electron chi connectivity index (χ3n) is 2.99. The van der Waals surface area contributed by atoms with Gasteiger partial charge >= 0.3 is 0 Å². The Kier molecular flexibility index (Phi) is 2.95. The van der Waals surface area contributed by atoms with Crippen molar-refractivity contribution in [3.8, 4) is 0 Å². The summed E-state index contributed by atoms with van der Waals surface area (Å²) in [6.45, 7) is 9.22. The average molecular weight is 238 g/mol. The van der Waals surface area contributed by atoms with Gasteiger partial charge in [0.15, 0.2) is 5.89 Å². The fraction of sp³-hybridized carbons (Fsp3) is 0.667. The van der Waals surface area contributed by atoms with Crippen LogP contribution in [0, 0.1) is 13.8 Å². The van der Waals surface area contributed by atoms with Gasteiger partial charge in [0.25, 0.3) is 5.91 Å². The number of rotatable bonds is 1. The highest BCUT2D eigenvalue weighted by atomic mass is 16.5. The molecule has 0 radical (unpaired) electrons. The van der Waals surface area contributed by atoms with Gasteiger partial charge in [0.05, 0.1) is 24.4 Å². The van der Waals surface area contributed by atoms with E-state index in [1.165, 1.54) is 0 Å². The number of oxazole rings is 1. The first-order valence-electron chi connectivity index (χ1n) is 5.75. The largest absolute Gasteiger partial charge is 0.436 e. The monoisotopic (exact) mass is 238 g/mol. The van der Waals surface area contributed by atoms with E-state index in [1.807, 2.05) is 13.8 Å². The van der Waals surface area contributed by atoms with Crippen LogP contribution in [0.15, 0.2) is 4.42 Å². The Morgan fingerprint density at radius 1 is 1.41 bits per heavy atom. The zero-order chi connectivity index (χ0) is 12.6. The van der Waals surface area contributed by atoms with Gasteiger partial charge in [0.2, 0.25) is 5.76 Å². The van der Waals surface area contributed by atoms with E-state index in [2.05, 4.69) is 4.98 Å². The minimum atomic E-state index is -0.303. The minimum Gasteiger partial charge on any atom is -0.436 e. The van der Waals surface area contributed by atoms with Crippen LogP contribution in [0.25, 0.3) is 0 Å². The molecule has 0 unspecified atom stereocenters. The maximum absolute atomic E-state index is 12.4. The van der Waals surface area contributed by atoms with E-state index in [0.717, 1.165) is 0 Å². The van der Waals surface area contributed by atoms with E-state index < -0.39 is 0 Å². The van der Waals surface area contributed by atoms with Gasteiger partial charge in [-0.2, -0.15) is 0 Å². The van der Waals surface area contributed by atoms with Crippen LogP contribution in [-0.2, 0) is 4.74 Å². The van der Waals surface area contributed by atoms with E-state index in [0.29, 0.717) is 37.1 Å². The molecule has 1 aliphatic rings. The maximum Gasteiger partial charge on any atom is 0.292 e. The molecule has 2 rings (SSSR count). The van der Waals surface area contributed by atoms with Crippen LogP contribution in [0.2, 0.25) is 0 Å². The molecule has 0 aliphatic carbocycles. The molecule has 0 bridgehead atoms. The van der Waals surface area contributed by atoms with Crippen LogP contribution >= 0.6 is 0 Å². The Morgan fingerprint density at radius 3 is 2.65 bits per heavy atom. The van der Waals surface area contributed by atoms with Crippen LogP contribution in [0.1, 0.15) is 36.0 Å². The number of carbonyl (C=O) groups excluding carboxylic acids is 1. The smallest absolute Gasteiger partial charge is 0.292 e. The lowest BCUT2D eigenvalue weighted by atomic mass is 10.0. The first-order valence-corrected chi connectivity index (χ1v) is 5.75. The summed E-state index contributed by atoms with van der Waals surface area (Å²) in [6.07, 6.45) is 0. The number of morpholine rings is 1. The standard InChI is InChI=1S/C12H18N2O3/c1-8-10(17-9(2)13-8)11(15)14-5-6-16-7-12(14,3)4/h5-7H2,1-4H3. The fourth-order valence-electron chi connectivity index (χ4n) is 2.09. The van der Waals surface area contributed by atoms with Crippen LogP contribution in [-0.4, -0.2) is 41.1 Å². The lowest BCUT2D eigenvalue weighted by Crippen LogP contribution is -2.55. The number of aryl methyl sites for hydroxylation is 2. The molecular formula is C12H18N2O3. The number of nitrogens with zero attached hydrogens (tertiary/aromatic N) is 2. The lowest BCUT2D eigenvalue weighted by Gasteiger charge is -2.41. The SMILES string of the molecule is Cc1nc(C)c(C(=O)N2CCOCC2(C)C)o1. The van der Waals surface area contributed by atoms with Crippen molar-refractivity contribution in [1.82, 2.24) is 9.88 Å². The van der Waals surface area contributed by atoms with E-state index in [-0.39, 0.29) is 11.4 Å². The highest BCUT2D eigenvalue weighted by Crippen LogP contribution is 2.23. The average Bonchev–Trinajstić information content (AvgIpc) is 2.56. The molecule has 94 valence electrons. The second-order valence-electron chi connectivity index (χ2n) is 4.97. The van der Waals surface area contributed by atoms with Crippen molar-refractivity contribution in [2.24, 2.45) is 0 Å². The second kappa shape index (κ2) is 4.14. The van der Waals surface area contributed by atoms with Crippen LogP contribution in [0.5, 0.6) is 0 Å². The molecule has 1 fully saturated rings. The van der Waals surface area contributed by atoms with E-state index >= 15 is 0 Å². The van der Waals surface area contributed by atoms with Crippen LogP contribution in [0.3, 0.4) is 0 Å². The molecule has 2 heterocycles. The summed E-state index contributed by atoms with van der Waals surface area (Å²) in [5, 5.41) is 0. The highest BCUT2D eigenvalue weighted by Gasteiger charge is 2.36. The van der Waals surface area contributed by atoms with E-state index in [9.17, 15) is 4.79 Å². The Labute approximate surface area is 101 Å². The molecule has 0 aromatic carbocycles. The number of amides is 1. The van der Waals surface area contributed by atoms with Crippen molar-refractivity contribution >= 4 is 5.91 Å². The number of hydrogen-bond donors (Lipinski definition) is 0. The molecular weight excluding hydrogens is 220 g/mol. The molecule has 17 heavy (non-hydrogen) atoms. The zero-order valence-corrected chi connectivity index (χ0v) is 10.7. The van der Waals surface area contributed by atoms with Crippen LogP contribution in [0.4, 0.5) is 0 Å². The molecule has 0 N–H and O–H groups in total. The van der Waals surface area contributed by atoms with Gasteiger partial charge in [-0.05, 0) is 20.8 Å². The Balaban J connectivity index is 2.28. The lowest BCUT2D eigenvalue weighted by molar-refractivity contribution is -0.0383. The zero-order valence-electron chi connectivity index (χ0n) is 10.7. The molecule has 1 saturated heterocycles. The Bertz CT molecular complexity index is 437. The van der Waals surface area contributed by atoms with Crippen molar-refractivity contribution < 1.29 is 13.9 Å². The molecule has 1 amide bonds. The highest BCUT2D eigenvalue weighted by molar-refractivity contribution is 5.93. The topological polar surface area (TPSA) is 55.6 Å². The Hall–Kier alpha value is -1.36. The van der Waals surface area contributed by atoms with Crippen molar-refractivity contribution in [1.29, 1.82) is 0 Å². The van der Waals surface area contributed by atoms with Gasteiger partial charge < -0.3 is 14.1 Å². The summed E-state index contributed by atoms with van der Waals surface area (Å²) < 4.78 is 10.8. The predicted octanol–water partition coefficient (Wildman–Crippen LogP) is 1.54. The van der Waals surface area contributed by atoms with Crippen molar-refractivity contribution in [3.05, 3.63) is 17.3 Å².